The summed E-state index contributed by atoms with van der Waals surface area (Å²) < 4.78 is 5.31. The molecule has 1 atom stereocenters. The molecule has 0 aromatic carbocycles. The van der Waals surface area contributed by atoms with E-state index in [0.717, 1.165) is 24.5 Å². The van der Waals surface area contributed by atoms with E-state index in [0.29, 0.717) is 18.0 Å². The lowest BCUT2D eigenvalue weighted by Gasteiger charge is -2.28. The number of nitrogens with one attached hydrogen (secondary N) is 1. The lowest BCUT2D eigenvalue weighted by atomic mass is 10.2. The number of hydrogen-bond donors (Lipinski definition) is 1. The molecule has 0 spiro atoms. The first kappa shape index (κ1) is 12.7. The van der Waals surface area contributed by atoms with E-state index in [9.17, 15) is 0 Å². The first-order chi connectivity index (χ1) is 9.29. The van der Waals surface area contributed by atoms with Gasteiger partial charge < -0.3 is 15.0 Å². The van der Waals surface area contributed by atoms with Crippen LogP contribution < -0.4 is 15.0 Å². The Bertz CT molecular complexity index is 441. The largest absolute Gasteiger partial charge is 0.481 e. The summed E-state index contributed by atoms with van der Waals surface area (Å²) in [5, 5.41) is 3.57. The lowest BCUT2D eigenvalue weighted by Crippen LogP contribution is -2.39. The molecule has 0 radical (unpaired) electrons. The minimum absolute atomic E-state index is 0.598. The average molecular weight is 262 g/mol. The van der Waals surface area contributed by atoms with Gasteiger partial charge in [0.25, 0.3) is 0 Å². The summed E-state index contributed by atoms with van der Waals surface area (Å²) in [6.07, 6.45) is 6.72. The molecule has 1 aromatic heterocycles. The highest BCUT2D eigenvalue weighted by molar-refractivity contribution is 5.52. The third-order valence-corrected chi connectivity index (χ3v) is 4.04. The van der Waals surface area contributed by atoms with Gasteiger partial charge in [-0.3, -0.25) is 0 Å². The van der Waals surface area contributed by atoms with Crippen LogP contribution in [0.3, 0.4) is 0 Å². The van der Waals surface area contributed by atoms with Crippen LogP contribution in [0.2, 0.25) is 0 Å². The third-order valence-electron chi connectivity index (χ3n) is 4.04. The minimum atomic E-state index is 0.598. The van der Waals surface area contributed by atoms with Crippen LogP contribution in [0.5, 0.6) is 5.88 Å². The molecule has 3 rings (SSSR count). The molecule has 2 heterocycles. The highest BCUT2D eigenvalue weighted by Gasteiger charge is 2.33. The van der Waals surface area contributed by atoms with Gasteiger partial charge in [-0.2, -0.15) is 0 Å². The van der Waals surface area contributed by atoms with Gasteiger partial charge in [0.05, 0.1) is 12.7 Å². The predicted octanol–water partition coefficient (Wildman–Crippen LogP) is 1.51. The van der Waals surface area contributed by atoms with E-state index in [-0.39, 0.29) is 0 Å². The number of hydrogen-bond acceptors (Lipinski definition) is 5. The maximum absolute atomic E-state index is 5.31. The van der Waals surface area contributed by atoms with Crippen LogP contribution in [0.15, 0.2) is 6.33 Å². The van der Waals surface area contributed by atoms with E-state index >= 15 is 0 Å². The summed E-state index contributed by atoms with van der Waals surface area (Å²) in [5.74, 6) is 1.73. The summed E-state index contributed by atoms with van der Waals surface area (Å²) in [4.78, 5) is 11.1. The molecule has 1 saturated carbocycles. The Hall–Kier alpha value is -1.36. The van der Waals surface area contributed by atoms with Crippen LogP contribution in [0.4, 0.5) is 5.82 Å². The van der Waals surface area contributed by atoms with Gasteiger partial charge in [0.1, 0.15) is 12.1 Å². The van der Waals surface area contributed by atoms with Crippen molar-refractivity contribution in [3.05, 3.63) is 11.9 Å². The summed E-state index contributed by atoms with van der Waals surface area (Å²) in [7, 11) is 1.67. The van der Waals surface area contributed by atoms with E-state index in [2.05, 4.69) is 20.2 Å². The van der Waals surface area contributed by atoms with Gasteiger partial charge in [-0.05, 0) is 39.2 Å². The van der Waals surface area contributed by atoms with Crippen molar-refractivity contribution in [1.82, 2.24) is 15.3 Å². The van der Waals surface area contributed by atoms with Gasteiger partial charge in [0.2, 0.25) is 5.88 Å². The highest BCUT2D eigenvalue weighted by atomic mass is 16.5. The second kappa shape index (κ2) is 5.33. The molecule has 5 nitrogen and oxygen atoms in total. The van der Waals surface area contributed by atoms with Crippen molar-refractivity contribution >= 4 is 5.82 Å². The zero-order chi connectivity index (χ0) is 13.2. The van der Waals surface area contributed by atoms with Crippen molar-refractivity contribution in [2.45, 2.75) is 44.7 Å². The lowest BCUT2D eigenvalue weighted by molar-refractivity contribution is 0.393. The summed E-state index contributed by atoms with van der Waals surface area (Å²) >= 11 is 0. The smallest absolute Gasteiger partial charge is 0.221 e. The first-order valence-corrected chi connectivity index (χ1v) is 7.15. The number of aromatic nitrogens is 2. The molecule has 1 aliphatic heterocycles. The quantitative estimate of drug-likeness (QED) is 0.872. The van der Waals surface area contributed by atoms with Gasteiger partial charge >= 0.3 is 0 Å². The van der Waals surface area contributed by atoms with Crippen molar-refractivity contribution in [2.24, 2.45) is 0 Å². The van der Waals surface area contributed by atoms with Gasteiger partial charge in [0, 0.05) is 18.6 Å². The van der Waals surface area contributed by atoms with Crippen LogP contribution in [-0.2, 0) is 0 Å². The Morgan fingerprint density at radius 1 is 1.37 bits per heavy atom. The zero-order valence-corrected chi connectivity index (χ0v) is 11.7. The average Bonchev–Trinajstić information content (AvgIpc) is 3.14. The van der Waals surface area contributed by atoms with Gasteiger partial charge in [-0.25, -0.2) is 9.97 Å². The molecule has 19 heavy (non-hydrogen) atoms. The van der Waals surface area contributed by atoms with E-state index in [1.165, 1.54) is 25.7 Å². The van der Waals surface area contributed by atoms with Gasteiger partial charge in [-0.15, -0.1) is 0 Å². The number of methoxy groups -OCH3 is 1. The van der Waals surface area contributed by atoms with Gasteiger partial charge in [0.15, 0.2) is 0 Å². The molecule has 5 heteroatoms. The molecule has 1 aliphatic carbocycles. The van der Waals surface area contributed by atoms with E-state index < -0.39 is 0 Å². The second-order valence-corrected chi connectivity index (χ2v) is 5.51. The first-order valence-electron chi connectivity index (χ1n) is 7.15. The monoisotopic (exact) mass is 262 g/mol. The highest BCUT2D eigenvalue weighted by Crippen LogP contribution is 2.34. The van der Waals surface area contributed by atoms with E-state index in [1.54, 1.807) is 13.4 Å². The standard InChI is InChI=1S/C14H22N4O/c1-10-13(16-9-17-14(10)19-2)18(12-5-6-12)8-11-4-3-7-15-11/h9,11-12,15H,3-8H2,1-2H3. The van der Waals surface area contributed by atoms with Crippen LogP contribution in [0.25, 0.3) is 0 Å². The van der Waals surface area contributed by atoms with Crippen molar-refractivity contribution in [1.29, 1.82) is 0 Å². The molecule has 2 aliphatic rings. The van der Waals surface area contributed by atoms with Crippen LogP contribution in [-0.4, -0.2) is 42.3 Å². The van der Waals surface area contributed by atoms with E-state index in [1.807, 2.05) is 6.92 Å². The fraction of sp³-hybridized carbons (Fsp3) is 0.714. The molecule has 0 bridgehead atoms. The SMILES string of the molecule is COc1ncnc(N(CC2CCCN2)C2CC2)c1C. The molecule has 104 valence electrons. The molecular weight excluding hydrogens is 240 g/mol. The fourth-order valence-corrected chi connectivity index (χ4v) is 2.87. The van der Waals surface area contributed by atoms with Crippen LogP contribution >= 0.6 is 0 Å². The minimum Gasteiger partial charge on any atom is -0.481 e. The molecule has 1 unspecified atom stereocenters. The summed E-state index contributed by atoms with van der Waals surface area (Å²) in [5.41, 5.74) is 1.05. The van der Waals surface area contributed by atoms with Gasteiger partial charge in [-0.1, -0.05) is 0 Å². The second-order valence-electron chi connectivity index (χ2n) is 5.51. The number of nitrogens with zero attached hydrogens (tertiary/aromatic N) is 3. The molecule has 2 fully saturated rings. The van der Waals surface area contributed by atoms with Crippen LogP contribution in [0, 0.1) is 6.92 Å². The number of anilines is 1. The Kier molecular flexibility index (Phi) is 3.55. The topological polar surface area (TPSA) is 50.3 Å². The van der Waals surface area contributed by atoms with Crippen molar-refractivity contribution in [3.63, 3.8) is 0 Å². The molecule has 0 amide bonds. The zero-order valence-electron chi connectivity index (χ0n) is 11.7. The molecule has 1 aromatic rings. The van der Waals surface area contributed by atoms with Crippen molar-refractivity contribution in [2.75, 3.05) is 25.1 Å². The Morgan fingerprint density at radius 2 is 2.21 bits per heavy atom. The third kappa shape index (κ3) is 2.66. The predicted molar refractivity (Wildman–Crippen MR) is 74.7 cm³/mol. The number of rotatable bonds is 5. The maximum atomic E-state index is 5.31. The Labute approximate surface area is 114 Å². The van der Waals surface area contributed by atoms with Crippen molar-refractivity contribution in [3.8, 4) is 5.88 Å². The normalized spacial score (nSPS) is 22.5. The van der Waals surface area contributed by atoms with Crippen molar-refractivity contribution < 1.29 is 4.74 Å². The maximum Gasteiger partial charge on any atom is 0.221 e. The Morgan fingerprint density at radius 3 is 2.84 bits per heavy atom. The molecular formula is C14H22N4O. The summed E-state index contributed by atoms with van der Waals surface area (Å²) in [6.45, 7) is 4.24. The van der Waals surface area contributed by atoms with E-state index in [4.69, 9.17) is 4.74 Å². The molecule has 1 N–H and O–H groups in total. The summed E-state index contributed by atoms with van der Waals surface area (Å²) in [6, 6.07) is 1.25. The fourth-order valence-electron chi connectivity index (χ4n) is 2.87. The van der Waals surface area contributed by atoms with Crippen LogP contribution in [0.1, 0.15) is 31.2 Å². The number of ether oxygens (including phenoxy) is 1. The molecule has 1 saturated heterocycles. The Balaban J connectivity index is 1.82.